The number of fused-ring (bicyclic) bond motifs is 1. The quantitative estimate of drug-likeness (QED) is 0.480. The van der Waals surface area contributed by atoms with Crippen molar-refractivity contribution in [3.05, 3.63) is 23.8 Å². The summed E-state index contributed by atoms with van der Waals surface area (Å²) in [4.78, 5) is 12.2. The van der Waals surface area contributed by atoms with Gasteiger partial charge in [0.15, 0.2) is 0 Å². The lowest BCUT2D eigenvalue weighted by atomic mass is 9.47. The Labute approximate surface area is 140 Å². The minimum absolute atomic E-state index is 0.0716. The lowest BCUT2D eigenvalue weighted by Crippen LogP contribution is -2.56. The number of hydrogen-bond acceptors (Lipinski definition) is 3. The first-order chi connectivity index (χ1) is 10.5. The molecular formula is C20H32O3. The van der Waals surface area contributed by atoms with Crippen molar-refractivity contribution in [2.24, 2.45) is 22.2 Å². The minimum Gasteiger partial charge on any atom is -0.459 e. The zero-order valence-electron chi connectivity index (χ0n) is 15.5. The third kappa shape index (κ3) is 2.57. The van der Waals surface area contributed by atoms with Crippen molar-refractivity contribution in [1.82, 2.24) is 0 Å². The molecule has 23 heavy (non-hydrogen) atoms. The molecule has 0 aromatic carbocycles. The van der Waals surface area contributed by atoms with Crippen molar-refractivity contribution in [3.8, 4) is 0 Å². The summed E-state index contributed by atoms with van der Waals surface area (Å²) >= 11 is 0. The molecule has 2 fully saturated rings. The Bertz CT molecular complexity index is 541. The van der Waals surface area contributed by atoms with Gasteiger partial charge in [-0.1, -0.05) is 45.4 Å². The van der Waals surface area contributed by atoms with E-state index in [4.69, 9.17) is 4.74 Å². The predicted octanol–water partition coefficient (Wildman–Crippen LogP) is 4.27. The second kappa shape index (κ2) is 5.77. The highest BCUT2D eigenvalue weighted by atomic mass is 16.5. The van der Waals surface area contributed by atoms with E-state index in [1.54, 1.807) is 6.08 Å². The molecular weight excluding hydrogens is 288 g/mol. The molecule has 130 valence electrons. The van der Waals surface area contributed by atoms with E-state index >= 15 is 0 Å². The molecule has 1 N–H and O–H groups in total. The normalized spacial score (nSPS) is 38.8. The van der Waals surface area contributed by atoms with E-state index in [0.717, 1.165) is 30.4 Å². The monoisotopic (exact) mass is 320 g/mol. The number of esters is 1. The number of allylic oxidation sites excluding steroid dienone is 1. The second-order valence-electron chi connectivity index (χ2n) is 8.72. The van der Waals surface area contributed by atoms with Crippen molar-refractivity contribution in [1.29, 1.82) is 0 Å². The van der Waals surface area contributed by atoms with Crippen LogP contribution in [0.2, 0.25) is 0 Å². The number of aliphatic hydroxyl groups is 1. The van der Waals surface area contributed by atoms with Gasteiger partial charge in [-0.15, -0.1) is 0 Å². The Morgan fingerprint density at radius 3 is 2.48 bits per heavy atom. The van der Waals surface area contributed by atoms with Crippen LogP contribution in [0.1, 0.15) is 60.8 Å². The first-order valence-corrected chi connectivity index (χ1v) is 8.65. The Morgan fingerprint density at radius 2 is 1.96 bits per heavy atom. The minimum atomic E-state index is -0.253. The summed E-state index contributed by atoms with van der Waals surface area (Å²) in [6.07, 6.45) is 4.12. The van der Waals surface area contributed by atoms with Gasteiger partial charge < -0.3 is 9.84 Å². The van der Waals surface area contributed by atoms with Gasteiger partial charge in [0.1, 0.15) is 6.10 Å². The molecule has 0 aliphatic heterocycles. The third-order valence-electron chi connectivity index (χ3n) is 6.93. The van der Waals surface area contributed by atoms with E-state index < -0.39 is 0 Å². The van der Waals surface area contributed by atoms with Gasteiger partial charge in [-0.2, -0.15) is 0 Å². The maximum absolute atomic E-state index is 12.2. The highest BCUT2D eigenvalue weighted by molar-refractivity contribution is 5.82. The van der Waals surface area contributed by atoms with Gasteiger partial charge in [-0.05, 0) is 38.5 Å². The standard InChI is InChI=1S/C20H32O3/c1-13(2)10-17(22)23-16-8-9-18(4,5)20(7)14(3)15(12-21)11-19(16,20)6/h10,15-16,21H,3,8-9,11-12H2,1-2,4-7H3/t15-,16-,19-,20+/m0/s1. The van der Waals surface area contributed by atoms with Crippen molar-refractivity contribution in [2.45, 2.75) is 66.9 Å². The lowest BCUT2D eigenvalue weighted by Gasteiger charge is -2.59. The fraction of sp³-hybridized carbons (Fsp3) is 0.750. The van der Waals surface area contributed by atoms with E-state index in [1.807, 2.05) is 13.8 Å². The number of hydrogen-bond donors (Lipinski definition) is 1. The summed E-state index contributed by atoms with van der Waals surface area (Å²) in [6, 6.07) is 0. The van der Waals surface area contributed by atoms with Gasteiger partial charge in [0, 0.05) is 29.4 Å². The van der Waals surface area contributed by atoms with E-state index in [9.17, 15) is 9.90 Å². The zero-order valence-corrected chi connectivity index (χ0v) is 15.5. The largest absolute Gasteiger partial charge is 0.459 e. The predicted molar refractivity (Wildman–Crippen MR) is 92.9 cm³/mol. The number of carbonyl (C=O) groups is 1. The van der Waals surface area contributed by atoms with E-state index in [1.165, 1.54) is 0 Å². The first-order valence-electron chi connectivity index (χ1n) is 8.65. The molecule has 3 heteroatoms. The molecule has 0 saturated heterocycles. The Hall–Kier alpha value is -1.09. The summed E-state index contributed by atoms with van der Waals surface area (Å²) in [5, 5.41) is 9.79. The number of carbonyl (C=O) groups excluding carboxylic acids is 1. The molecule has 0 bridgehead atoms. The van der Waals surface area contributed by atoms with Crippen LogP contribution in [0, 0.1) is 22.2 Å². The van der Waals surface area contributed by atoms with Crippen LogP contribution in [-0.4, -0.2) is 23.8 Å². The fourth-order valence-corrected chi connectivity index (χ4v) is 5.11. The number of aliphatic hydroxyl groups excluding tert-OH is 1. The summed E-state index contributed by atoms with van der Waals surface area (Å²) in [7, 11) is 0. The SMILES string of the molecule is C=C1[C@H](CO)C[C@@]2(C)[C@@H](OC(=O)C=C(C)C)CCC(C)(C)[C@@]12C. The Balaban J connectivity index is 2.41. The van der Waals surface area contributed by atoms with Crippen LogP contribution in [-0.2, 0) is 9.53 Å². The molecule has 0 radical (unpaired) electrons. The average Bonchev–Trinajstić information content (AvgIpc) is 2.65. The van der Waals surface area contributed by atoms with E-state index in [-0.39, 0.29) is 40.8 Å². The Morgan fingerprint density at radius 1 is 1.35 bits per heavy atom. The third-order valence-corrected chi connectivity index (χ3v) is 6.93. The smallest absolute Gasteiger partial charge is 0.330 e. The van der Waals surface area contributed by atoms with Gasteiger partial charge in [0.05, 0.1) is 0 Å². The van der Waals surface area contributed by atoms with Crippen molar-refractivity contribution >= 4 is 5.97 Å². The molecule has 0 aromatic heterocycles. The van der Waals surface area contributed by atoms with Crippen molar-refractivity contribution in [3.63, 3.8) is 0 Å². The molecule has 0 heterocycles. The molecule has 2 saturated carbocycles. The molecule has 0 spiro atoms. The first kappa shape index (κ1) is 18.3. The van der Waals surface area contributed by atoms with Crippen LogP contribution in [0.5, 0.6) is 0 Å². The van der Waals surface area contributed by atoms with E-state index in [0.29, 0.717) is 0 Å². The van der Waals surface area contributed by atoms with Crippen LogP contribution in [0.4, 0.5) is 0 Å². The molecule has 2 aliphatic carbocycles. The Kier molecular flexibility index (Phi) is 4.58. The highest BCUT2D eigenvalue weighted by Gasteiger charge is 2.67. The fourth-order valence-electron chi connectivity index (χ4n) is 5.11. The molecule has 0 unspecified atom stereocenters. The summed E-state index contributed by atoms with van der Waals surface area (Å²) < 4.78 is 5.88. The lowest BCUT2D eigenvalue weighted by molar-refractivity contribution is -0.173. The van der Waals surface area contributed by atoms with Crippen LogP contribution in [0.3, 0.4) is 0 Å². The average molecular weight is 320 g/mol. The molecule has 2 aliphatic rings. The van der Waals surface area contributed by atoms with Gasteiger partial charge in [0.25, 0.3) is 0 Å². The maximum atomic E-state index is 12.2. The summed E-state index contributed by atoms with van der Waals surface area (Å²) in [5.74, 6) is -0.164. The summed E-state index contributed by atoms with van der Waals surface area (Å²) in [6.45, 7) is 17.3. The maximum Gasteiger partial charge on any atom is 0.330 e. The molecule has 3 nitrogen and oxygen atoms in total. The number of rotatable bonds is 3. The van der Waals surface area contributed by atoms with E-state index in [2.05, 4.69) is 34.3 Å². The van der Waals surface area contributed by atoms with Crippen LogP contribution in [0.25, 0.3) is 0 Å². The molecule has 2 rings (SSSR count). The number of ether oxygens (including phenoxy) is 1. The zero-order chi connectivity index (χ0) is 17.6. The molecule has 0 aromatic rings. The van der Waals surface area contributed by atoms with Crippen LogP contribution in [0.15, 0.2) is 23.8 Å². The van der Waals surface area contributed by atoms with Gasteiger partial charge in [0.2, 0.25) is 0 Å². The molecule has 4 atom stereocenters. The van der Waals surface area contributed by atoms with Gasteiger partial charge >= 0.3 is 5.97 Å². The highest BCUT2D eigenvalue weighted by Crippen LogP contribution is 2.71. The summed E-state index contributed by atoms with van der Waals surface area (Å²) in [5.41, 5.74) is 1.80. The van der Waals surface area contributed by atoms with Crippen molar-refractivity contribution in [2.75, 3.05) is 6.61 Å². The van der Waals surface area contributed by atoms with Crippen molar-refractivity contribution < 1.29 is 14.6 Å². The van der Waals surface area contributed by atoms with Crippen LogP contribution < -0.4 is 0 Å². The van der Waals surface area contributed by atoms with Gasteiger partial charge in [-0.25, -0.2) is 4.79 Å². The van der Waals surface area contributed by atoms with Gasteiger partial charge in [-0.3, -0.25) is 0 Å². The topological polar surface area (TPSA) is 46.5 Å². The second-order valence-corrected chi connectivity index (χ2v) is 8.72. The molecule has 0 amide bonds. The van der Waals surface area contributed by atoms with Crippen LogP contribution >= 0.6 is 0 Å².